The molecule has 2 aromatic heterocycles. The molecule has 0 aliphatic heterocycles. The molecule has 2 aromatic rings. The number of hydrogen-bond acceptors (Lipinski definition) is 4. The lowest BCUT2D eigenvalue weighted by Gasteiger charge is -2.15. The lowest BCUT2D eigenvalue weighted by atomic mass is 10.1. The second-order valence-corrected chi connectivity index (χ2v) is 5.00. The number of pyridine rings is 1. The molecule has 2 heterocycles. The summed E-state index contributed by atoms with van der Waals surface area (Å²) < 4.78 is 1.36. The molecule has 112 valence electrons. The number of carbonyl (C=O) groups is 1. The van der Waals surface area contributed by atoms with Gasteiger partial charge in [0.15, 0.2) is 0 Å². The van der Waals surface area contributed by atoms with Gasteiger partial charge in [-0.1, -0.05) is 6.92 Å². The molecule has 0 fully saturated rings. The van der Waals surface area contributed by atoms with Crippen LogP contribution in [0.15, 0.2) is 29.3 Å². The van der Waals surface area contributed by atoms with Gasteiger partial charge >= 0.3 is 0 Å². The Morgan fingerprint density at radius 1 is 1.52 bits per heavy atom. The van der Waals surface area contributed by atoms with Crippen LogP contribution in [0.2, 0.25) is 0 Å². The van der Waals surface area contributed by atoms with Gasteiger partial charge in [-0.25, -0.2) is 4.98 Å². The number of aliphatic hydroxyl groups is 1. The van der Waals surface area contributed by atoms with Crippen LogP contribution in [0.3, 0.4) is 0 Å². The minimum Gasteiger partial charge on any atom is -0.396 e. The zero-order chi connectivity index (χ0) is 15.4. The van der Waals surface area contributed by atoms with Crippen molar-refractivity contribution in [3.05, 3.63) is 46.0 Å². The maximum Gasteiger partial charge on any atom is 0.270 e. The Kier molecular flexibility index (Phi) is 4.70. The third-order valence-corrected chi connectivity index (χ3v) is 3.42. The summed E-state index contributed by atoms with van der Waals surface area (Å²) >= 11 is 0. The van der Waals surface area contributed by atoms with Crippen molar-refractivity contribution in [2.75, 3.05) is 6.61 Å². The van der Waals surface area contributed by atoms with Crippen LogP contribution >= 0.6 is 0 Å². The number of aryl methyl sites for hydroxylation is 1. The Hall–Kier alpha value is -2.21. The highest BCUT2D eigenvalue weighted by Gasteiger charge is 2.16. The third kappa shape index (κ3) is 3.28. The molecule has 6 nitrogen and oxygen atoms in total. The molecule has 1 unspecified atom stereocenters. The van der Waals surface area contributed by atoms with E-state index in [0.717, 1.165) is 5.56 Å². The minimum atomic E-state index is -0.456. The van der Waals surface area contributed by atoms with Gasteiger partial charge in [-0.05, 0) is 37.5 Å². The molecule has 0 aliphatic carbocycles. The largest absolute Gasteiger partial charge is 0.396 e. The molecule has 0 aromatic carbocycles. The van der Waals surface area contributed by atoms with Gasteiger partial charge < -0.3 is 10.4 Å². The van der Waals surface area contributed by atoms with E-state index in [1.165, 1.54) is 10.6 Å². The van der Waals surface area contributed by atoms with Gasteiger partial charge in [0.2, 0.25) is 0 Å². The van der Waals surface area contributed by atoms with Gasteiger partial charge in [0.1, 0.15) is 11.2 Å². The molecule has 1 atom stereocenters. The normalized spacial score (nSPS) is 12.3. The van der Waals surface area contributed by atoms with Crippen molar-refractivity contribution in [2.45, 2.75) is 32.7 Å². The van der Waals surface area contributed by atoms with E-state index >= 15 is 0 Å². The number of aromatic nitrogens is 2. The lowest BCUT2D eigenvalue weighted by Crippen LogP contribution is -2.38. The van der Waals surface area contributed by atoms with Gasteiger partial charge in [-0.15, -0.1) is 0 Å². The predicted octanol–water partition coefficient (Wildman–Crippen LogP) is 0.894. The average molecular weight is 289 g/mol. The topological polar surface area (TPSA) is 83.7 Å². The summed E-state index contributed by atoms with van der Waals surface area (Å²) in [4.78, 5) is 28.7. The molecule has 0 saturated heterocycles. The Morgan fingerprint density at radius 3 is 2.95 bits per heavy atom. The molecular formula is C15H19N3O3. The Bertz CT molecular complexity index is 709. The first-order valence-corrected chi connectivity index (χ1v) is 6.96. The predicted molar refractivity (Wildman–Crippen MR) is 79.4 cm³/mol. The van der Waals surface area contributed by atoms with Crippen LogP contribution in [-0.4, -0.2) is 33.0 Å². The van der Waals surface area contributed by atoms with E-state index in [0.29, 0.717) is 18.5 Å². The molecule has 21 heavy (non-hydrogen) atoms. The van der Waals surface area contributed by atoms with Crippen LogP contribution in [0.25, 0.3) is 5.65 Å². The Labute approximate surface area is 122 Å². The molecule has 0 saturated carbocycles. The summed E-state index contributed by atoms with van der Waals surface area (Å²) in [6, 6.07) is 3.42. The average Bonchev–Trinajstić information content (AvgIpc) is 2.46. The van der Waals surface area contributed by atoms with Gasteiger partial charge in [0, 0.05) is 25.0 Å². The van der Waals surface area contributed by atoms with E-state index < -0.39 is 11.5 Å². The van der Waals surface area contributed by atoms with Crippen LogP contribution in [0.5, 0.6) is 0 Å². The van der Waals surface area contributed by atoms with Crippen LogP contribution in [-0.2, 0) is 0 Å². The van der Waals surface area contributed by atoms with E-state index in [4.69, 9.17) is 5.11 Å². The van der Waals surface area contributed by atoms with E-state index in [9.17, 15) is 9.59 Å². The zero-order valence-corrected chi connectivity index (χ0v) is 12.2. The molecule has 2 N–H and O–H groups in total. The summed E-state index contributed by atoms with van der Waals surface area (Å²) in [5, 5.41) is 11.7. The second kappa shape index (κ2) is 6.49. The SMILES string of the molecule is CCC(CCO)NC(=O)c1cnc2cc(C)ccn2c1=O. The summed E-state index contributed by atoms with van der Waals surface area (Å²) in [7, 11) is 0. The fourth-order valence-corrected chi connectivity index (χ4v) is 2.13. The molecule has 2 rings (SSSR count). The Morgan fingerprint density at radius 2 is 2.29 bits per heavy atom. The van der Waals surface area contributed by atoms with Crippen molar-refractivity contribution in [3.8, 4) is 0 Å². The second-order valence-electron chi connectivity index (χ2n) is 5.00. The van der Waals surface area contributed by atoms with Gasteiger partial charge in [0.05, 0.1) is 0 Å². The van der Waals surface area contributed by atoms with Crippen molar-refractivity contribution >= 4 is 11.6 Å². The maximum atomic E-state index is 12.3. The van der Waals surface area contributed by atoms with E-state index in [1.807, 2.05) is 13.8 Å². The van der Waals surface area contributed by atoms with Crippen LogP contribution in [0, 0.1) is 6.92 Å². The van der Waals surface area contributed by atoms with Crippen LogP contribution in [0.4, 0.5) is 0 Å². The van der Waals surface area contributed by atoms with E-state index in [-0.39, 0.29) is 18.2 Å². The Balaban J connectivity index is 2.34. The number of nitrogens with one attached hydrogen (secondary N) is 1. The van der Waals surface area contributed by atoms with Gasteiger partial charge in [0.25, 0.3) is 11.5 Å². The van der Waals surface area contributed by atoms with E-state index in [1.54, 1.807) is 18.3 Å². The zero-order valence-electron chi connectivity index (χ0n) is 12.2. The molecule has 0 bridgehead atoms. The standard InChI is InChI=1S/C15H19N3O3/c1-3-11(5-7-19)17-14(20)12-9-16-13-8-10(2)4-6-18(13)15(12)21/h4,6,8-9,11,19H,3,5,7H2,1-2H3,(H,17,20). The number of hydrogen-bond donors (Lipinski definition) is 2. The van der Waals surface area contributed by atoms with Gasteiger partial charge in [-0.3, -0.25) is 14.0 Å². The quantitative estimate of drug-likeness (QED) is 0.856. The number of nitrogens with zero attached hydrogens (tertiary/aromatic N) is 2. The number of rotatable bonds is 5. The van der Waals surface area contributed by atoms with Crippen LogP contribution < -0.4 is 10.9 Å². The van der Waals surface area contributed by atoms with Crippen molar-refractivity contribution in [2.24, 2.45) is 0 Å². The first-order valence-electron chi connectivity index (χ1n) is 6.96. The molecule has 1 amide bonds. The van der Waals surface area contributed by atoms with Crippen molar-refractivity contribution in [3.63, 3.8) is 0 Å². The fraction of sp³-hybridized carbons (Fsp3) is 0.400. The number of amides is 1. The molecule has 0 aliphatic rings. The minimum absolute atomic E-state index is 0.00693. The highest BCUT2D eigenvalue weighted by molar-refractivity contribution is 5.93. The highest BCUT2D eigenvalue weighted by atomic mass is 16.3. The number of fused-ring (bicyclic) bond motifs is 1. The molecular weight excluding hydrogens is 270 g/mol. The van der Waals surface area contributed by atoms with Crippen LogP contribution in [0.1, 0.15) is 35.7 Å². The summed E-state index contributed by atoms with van der Waals surface area (Å²) in [6.07, 6.45) is 4.07. The van der Waals surface area contributed by atoms with Crippen molar-refractivity contribution < 1.29 is 9.90 Å². The third-order valence-electron chi connectivity index (χ3n) is 3.42. The first kappa shape index (κ1) is 15.2. The maximum absolute atomic E-state index is 12.3. The molecule has 0 spiro atoms. The first-order chi connectivity index (χ1) is 10.1. The summed E-state index contributed by atoms with van der Waals surface area (Å²) in [6.45, 7) is 3.81. The fourth-order valence-electron chi connectivity index (χ4n) is 2.13. The smallest absolute Gasteiger partial charge is 0.270 e. The van der Waals surface area contributed by atoms with Crippen molar-refractivity contribution in [1.82, 2.24) is 14.7 Å². The number of carbonyl (C=O) groups excluding carboxylic acids is 1. The van der Waals surface area contributed by atoms with Crippen molar-refractivity contribution in [1.29, 1.82) is 0 Å². The van der Waals surface area contributed by atoms with E-state index in [2.05, 4.69) is 10.3 Å². The molecule has 6 heteroatoms. The lowest BCUT2D eigenvalue weighted by molar-refractivity contribution is 0.0927. The monoisotopic (exact) mass is 289 g/mol. The molecule has 0 radical (unpaired) electrons. The highest BCUT2D eigenvalue weighted by Crippen LogP contribution is 2.03. The van der Waals surface area contributed by atoms with Gasteiger partial charge in [-0.2, -0.15) is 0 Å². The summed E-state index contributed by atoms with van der Waals surface area (Å²) in [5.41, 5.74) is 1.12. The summed E-state index contributed by atoms with van der Waals surface area (Å²) in [5.74, 6) is -0.456. The number of aliphatic hydroxyl groups excluding tert-OH is 1.